The number of pyridine rings is 1. The van der Waals surface area contributed by atoms with Gasteiger partial charge in [-0.1, -0.05) is 30.3 Å². The molecule has 0 radical (unpaired) electrons. The fourth-order valence-corrected chi connectivity index (χ4v) is 4.71. The van der Waals surface area contributed by atoms with Crippen molar-refractivity contribution in [2.75, 3.05) is 12.4 Å². The number of benzene rings is 3. The summed E-state index contributed by atoms with van der Waals surface area (Å²) in [5.74, 6) is -0.544. The third-order valence-electron chi connectivity index (χ3n) is 5.04. The van der Waals surface area contributed by atoms with Gasteiger partial charge in [0.2, 0.25) is 0 Å². The van der Waals surface area contributed by atoms with Gasteiger partial charge in [-0.2, -0.15) is 0 Å². The summed E-state index contributed by atoms with van der Waals surface area (Å²) in [5.41, 5.74) is 2.61. The lowest BCUT2D eigenvalue weighted by molar-refractivity contribution is 0.315. The number of aromatic nitrogens is 1. The molecular formula is C23H19NO7S2-2. The Bertz CT molecular complexity index is 1530. The van der Waals surface area contributed by atoms with Crippen LogP contribution in [-0.2, 0) is 26.0 Å². The zero-order valence-corrected chi connectivity index (χ0v) is 18.9. The maximum absolute atomic E-state index is 11.2. The summed E-state index contributed by atoms with van der Waals surface area (Å²) in [6.45, 7) is 0.101. The molecule has 0 amide bonds. The molecule has 0 spiro atoms. The predicted octanol–water partition coefficient (Wildman–Crippen LogP) is 3.41. The van der Waals surface area contributed by atoms with Gasteiger partial charge in [0.15, 0.2) is 0 Å². The van der Waals surface area contributed by atoms with Gasteiger partial charge in [-0.05, 0) is 53.8 Å². The molecule has 0 N–H and O–H groups in total. The Balaban J connectivity index is 1.69. The van der Waals surface area contributed by atoms with Gasteiger partial charge in [0.05, 0.1) is 43.8 Å². The summed E-state index contributed by atoms with van der Waals surface area (Å²) in [7, 11) is -8.68. The first-order valence-electron chi connectivity index (χ1n) is 10.0. The average Bonchev–Trinajstić information content (AvgIpc) is 2.75. The standard InChI is InChI=1S/C23H21NO7S2/c25-32(26,27)13-3-12-31-18-9-7-17(8-10-18)23-20-11-6-16(15-33(28,29)30)14-21(20)19-4-1-2-5-22(19)24-23/h1-2,4-11,14H,3,12-13,15H2,(H,25,26,27)(H,28,29,30)/p-2. The van der Waals surface area contributed by atoms with Gasteiger partial charge in [0.1, 0.15) is 5.75 Å². The van der Waals surface area contributed by atoms with Crippen LogP contribution in [0.5, 0.6) is 5.75 Å². The van der Waals surface area contributed by atoms with E-state index in [4.69, 9.17) is 9.72 Å². The van der Waals surface area contributed by atoms with Gasteiger partial charge in [-0.15, -0.1) is 0 Å². The minimum Gasteiger partial charge on any atom is -0.748 e. The van der Waals surface area contributed by atoms with Crippen LogP contribution in [0.2, 0.25) is 0 Å². The normalized spacial score (nSPS) is 12.3. The largest absolute Gasteiger partial charge is 0.748 e. The zero-order valence-electron chi connectivity index (χ0n) is 17.3. The second-order valence-electron chi connectivity index (χ2n) is 7.55. The molecule has 0 fully saturated rings. The lowest BCUT2D eigenvalue weighted by Gasteiger charge is -2.13. The van der Waals surface area contributed by atoms with Gasteiger partial charge in [-0.25, -0.2) is 21.8 Å². The summed E-state index contributed by atoms with van der Waals surface area (Å²) < 4.78 is 71.2. The fraction of sp³-hybridized carbons (Fsp3) is 0.174. The molecule has 4 rings (SSSR count). The van der Waals surface area contributed by atoms with Crippen LogP contribution in [0.15, 0.2) is 66.7 Å². The highest BCUT2D eigenvalue weighted by Gasteiger charge is 2.12. The number of rotatable bonds is 8. The third-order valence-corrected chi connectivity index (χ3v) is 6.52. The molecule has 0 aliphatic heterocycles. The van der Waals surface area contributed by atoms with Crippen molar-refractivity contribution < 1.29 is 30.7 Å². The van der Waals surface area contributed by atoms with E-state index < -0.39 is 31.7 Å². The summed E-state index contributed by atoms with van der Waals surface area (Å²) >= 11 is 0. The second kappa shape index (κ2) is 9.06. The maximum atomic E-state index is 11.2. The highest BCUT2D eigenvalue weighted by molar-refractivity contribution is 7.85. The Kier molecular flexibility index (Phi) is 6.35. The smallest absolute Gasteiger partial charge is 0.119 e. The molecule has 3 aromatic carbocycles. The average molecular weight is 486 g/mol. The molecule has 0 saturated heterocycles. The van der Waals surface area contributed by atoms with Crippen molar-refractivity contribution in [1.29, 1.82) is 0 Å². The Hall–Kier alpha value is -3.05. The van der Waals surface area contributed by atoms with Crippen LogP contribution in [0, 0.1) is 0 Å². The Labute approximate surface area is 191 Å². The van der Waals surface area contributed by atoms with Crippen LogP contribution < -0.4 is 4.74 Å². The highest BCUT2D eigenvalue weighted by atomic mass is 32.2. The molecule has 0 atom stereocenters. The molecule has 1 heterocycles. The van der Waals surface area contributed by atoms with Crippen molar-refractivity contribution in [2.45, 2.75) is 12.2 Å². The molecule has 0 bridgehead atoms. The van der Waals surface area contributed by atoms with Gasteiger partial charge in [0.25, 0.3) is 0 Å². The van der Waals surface area contributed by atoms with Crippen LogP contribution in [0.4, 0.5) is 0 Å². The van der Waals surface area contributed by atoms with Crippen LogP contribution in [0.3, 0.4) is 0 Å². The molecular weight excluding hydrogens is 466 g/mol. The van der Waals surface area contributed by atoms with Crippen LogP contribution in [0.1, 0.15) is 12.0 Å². The Morgan fingerprint density at radius 1 is 0.788 bits per heavy atom. The van der Waals surface area contributed by atoms with E-state index >= 15 is 0 Å². The first-order valence-corrected chi connectivity index (χ1v) is 13.2. The first kappa shape index (κ1) is 23.1. The van der Waals surface area contributed by atoms with E-state index in [1.807, 2.05) is 36.4 Å². The van der Waals surface area contributed by atoms with Crippen molar-refractivity contribution >= 4 is 41.9 Å². The van der Waals surface area contributed by atoms with Gasteiger partial charge in [0, 0.05) is 22.1 Å². The molecule has 0 unspecified atom stereocenters. The predicted molar refractivity (Wildman–Crippen MR) is 123 cm³/mol. The minimum atomic E-state index is -4.41. The quantitative estimate of drug-likeness (QED) is 0.210. The molecule has 0 aliphatic carbocycles. The second-order valence-corrected chi connectivity index (χ2v) is 10.5. The van der Waals surface area contributed by atoms with Crippen molar-refractivity contribution in [3.63, 3.8) is 0 Å². The van der Waals surface area contributed by atoms with E-state index in [0.717, 1.165) is 27.2 Å². The highest BCUT2D eigenvalue weighted by Crippen LogP contribution is 2.34. The van der Waals surface area contributed by atoms with Crippen LogP contribution in [0.25, 0.3) is 32.9 Å². The number of hydrogen-bond donors (Lipinski definition) is 0. The van der Waals surface area contributed by atoms with E-state index in [1.54, 1.807) is 30.3 Å². The molecule has 0 aliphatic rings. The van der Waals surface area contributed by atoms with Gasteiger partial charge >= 0.3 is 0 Å². The molecule has 172 valence electrons. The van der Waals surface area contributed by atoms with E-state index in [1.165, 1.54) is 0 Å². The third kappa shape index (κ3) is 5.85. The molecule has 0 saturated carbocycles. The van der Waals surface area contributed by atoms with Crippen LogP contribution in [-0.4, -0.2) is 43.3 Å². The molecule has 4 aromatic rings. The van der Waals surface area contributed by atoms with Crippen LogP contribution >= 0.6 is 0 Å². The summed E-state index contributed by atoms with van der Waals surface area (Å²) in [6.07, 6.45) is 0.103. The summed E-state index contributed by atoms with van der Waals surface area (Å²) in [5, 5.41) is 2.43. The van der Waals surface area contributed by atoms with E-state index in [2.05, 4.69) is 0 Å². The number of nitrogens with zero attached hydrogens (tertiary/aromatic N) is 1. The van der Waals surface area contributed by atoms with Gasteiger partial charge in [-0.3, -0.25) is 0 Å². The lowest BCUT2D eigenvalue weighted by atomic mass is 9.98. The molecule has 33 heavy (non-hydrogen) atoms. The Morgan fingerprint density at radius 3 is 2.21 bits per heavy atom. The van der Waals surface area contributed by atoms with Crippen molar-refractivity contribution in [2.24, 2.45) is 0 Å². The molecule has 8 nitrogen and oxygen atoms in total. The van der Waals surface area contributed by atoms with Gasteiger partial charge < -0.3 is 13.8 Å². The lowest BCUT2D eigenvalue weighted by Crippen LogP contribution is -2.08. The maximum Gasteiger partial charge on any atom is 0.119 e. The number of para-hydroxylation sites is 1. The van der Waals surface area contributed by atoms with Crippen molar-refractivity contribution in [3.8, 4) is 17.0 Å². The van der Waals surface area contributed by atoms with E-state index in [-0.39, 0.29) is 13.0 Å². The SMILES string of the molecule is O=S(=O)([O-])CCCOc1ccc(-c2nc3ccccc3c3cc(CS(=O)(=O)[O-])ccc23)cc1. The molecule has 1 aromatic heterocycles. The molecule has 10 heteroatoms. The summed E-state index contributed by atoms with van der Waals surface area (Å²) in [6, 6.07) is 19.6. The van der Waals surface area contributed by atoms with E-state index in [0.29, 0.717) is 17.0 Å². The fourth-order valence-electron chi connectivity index (χ4n) is 3.65. The number of fused-ring (bicyclic) bond motifs is 3. The summed E-state index contributed by atoms with van der Waals surface area (Å²) in [4.78, 5) is 4.79. The monoisotopic (exact) mass is 485 g/mol. The topological polar surface area (TPSA) is 137 Å². The van der Waals surface area contributed by atoms with E-state index in [9.17, 15) is 25.9 Å². The number of ether oxygens (including phenoxy) is 1. The first-order chi connectivity index (χ1) is 15.6. The Morgan fingerprint density at radius 2 is 1.52 bits per heavy atom. The van der Waals surface area contributed by atoms with Crippen molar-refractivity contribution in [1.82, 2.24) is 4.98 Å². The van der Waals surface area contributed by atoms with Crippen molar-refractivity contribution in [3.05, 3.63) is 72.3 Å². The number of hydrogen-bond acceptors (Lipinski definition) is 8. The zero-order chi connectivity index (χ0) is 23.6. The minimum absolute atomic E-state index is 0.101.